The first-order valence-corrected chi connectivity index (χ1v) is 7.55. The van der Waals surface area contributed by atoms with Gasteiger partial charge in [-0.15, -0.1) is 0 Å². The zero-order chi connectivity index (χ0) is 13.8. The van der Waals surface area contributed by atoms with Crippen LogP contribution in [0.3, 0.4) is 0 Å². The minimum absolute atomic E-state index is 0.0748. The summed E-state index contributed by atoms with van der Waals surface area (Å²) in [5.74, 6) is -0.451. The molecule has 0 bridgehead atoms. The first-order valence-electron chi connectivity index (χ1n) is 5.03. The summed E-state index contributed by atoms with van der Waals surface area (Å²) in [5, 5.41) is 0. The molecule has 0 saturated carbocycles. The Morgan fingerprint density at radius 1 is 1.28 bits per heavy atom. The molecule has 0 unspecified atom stereocenters. The van der Waals surface area contributed by atoms with E-state index in [0.29, 0.717) is 11.1 Å². The van der Waals surface area contributed by atoms with Gasteiger partial charge in [-0.2, -0.15) is 0 Å². The Hall–Kier alpha value is -0.680. The fraction of sp³-hybridized carbons (Fsp3) is 0.364. The fourth-order valence-electron chi connectivity index (χ4n) is 1.35. The van der Waals surface area contributed by atoms with E-state index in [9.17, 15) is 9.36 Å². The van der Waals surface area contributed by atoms with Crippen LogP contribution in [0.4, 0.5) is 0 Å². The van der Waals surface area contributed by atoms with E-state index in [0.717, 1.165) is 4.47 Å². The second-order valence-corrected chi connectivity index (χ2v) is 6.55. The average Bonchev–Trinajstić information content (AvgIpc) is 2.40. The Labute approximate surface area is 114 Å². The molecule has 0 fully saturated rings. The molecule has 0 radical (unpaired) electrons. The maximum atomic E-state index is 12.0. The van der Waals surface area contributed by atoms with Crippen LogP contribution >= 0.6 is 23.5 Å². The van der Waals surface area contributed by atoms with Crippen molar-refractivity contribution in [3.8, 4) is 0 Å². The molecule has 0 N–H and O–H groups in total. The van der Waals surface area contributed by atoms with E-state index < -0.39 is 13.6 Å². The summed E-state index contributed by atoms with van der Waals surface area (Å²) in [6.07, 6.45) is 0.0748. The SMILES string of the molecule is COC(=O)c1ccc(Br)c(CP(=O)(OC)OC)c1. The number of methoxy groups -OCH3 is 1. The molecular weight excluding hydrogens is 323 g/mol. The normalized spacial score (nSPS) is 11.3. The predicted molar refractivity (Wildman–Crippen MR) is 70.8 cm³/mol. The molecule has 7 heteroatoms. The van der Waals surface area contributed by atoms with E-state index >= 15 is 0 Å². The van der Waals surface area contributed by atoms with Gasteiger partial charge in [0.2, 0.25) is 0 Å². The number of carbonyl (C=O) groups excluding carboxylic acids is 1. The van der Waals surface area contributed by atoms with Gasteiger partial charge in [-0.3, -0.25) is 4.57 Å². The highest BCUT2D eigenvalue weighted by molar-refractivity contribution is 9.10. The molecule has 0 aliphatic carbocycles. The van der Waals surface area contributed by atoms with Crippen molar-refractivity contribution < 1.29 is 23.1 Å². The van der Waals surface area contributed by atoms with Gasteiger partial charge in [-0.1, -0.05) is 15.9 Å². The quantitative estimate of drug-likeness (QED) is 0.610. The number of hydrogen-bond acceptors (Lipinski definition) is 5. The third-order valence-electron chi connectivity index (χ3n) is 2.39. The Morgan fingerprint density at radius 2 is 1.89 bits per heavy atom. The first-order chi connectivity index (χ1) is 8.45. The largest absolute Gasteiger partial charge is 0.465 e. The van der Waals surface area contributed by atoms with E-state index in [2.05, 4.69) is 20.7 Å². The molecule has 0 heterocycles. The Morgan fingerprint density at radius 3 is 2.39 bits per heavy atom. The molecule has 0 saturated heterocycles. The Bertz CT molecular complexity index is 480. The third-order valence-corrected chi connectivity index (χ3v) is 5.00. The molecule has 1 aromatic rings. The molecule has 100 valence electrons. The van der Waals surface area contributed by atoms with Crippen LogP contribution in [0.15, 0.2) is 22.7 Å². The van der Waals surface area contributed by atoms with E-state index in [1.807, 2.05) is 0 Å². The highest BCUT2D eigenvalue weighted by atomic mass is 79.9. The third kappa shape index (κ3) is 3.65. The number of esters is 1. The Balaban J connectivity index is 3.09. The van der Waals surface area contributed by atoms with Gasteiger partial charge in [-0.25, -0.2) is 4.79 Å². The Kier molecular flexibility index (Phi) is 5.53. The molecule has 0 aliphatic heterocycles. The number of ether oxygens (including phenoxy) is 1. The standard InChI is InChI=1S/C11H14BrO5P/c1-15-11(13)8-4-5-10(12)9(6-8)7-18(14,16-2)17-3/h4-6H,7H2,1-3H3. The molecule has 0 aromatic heterocycles. The minimum atomic E-state index is -3.17. The number of hydrogen-bond donors (Lipinski definition) is 0. The molecule has 0 atom stereocenters. The van der Waals surface area contributed by atoms with Crippen LogP contribution in [0.5, 0.6) is 0 Å². The van der Waals surface area contributed by atoms with Crippen LogP contribution in [0, 0.1) is 0 Å². The smallest absolute Gasteiger partial charge is 0.337 e. The van der Waals surface area contributed by atoms with Gasteiger partial charge < -0.3 is 13.8 Å². The zero-order valence-electron chi connectivity index (χ0n) is 10.3. The summed E-state index contributed by atoms with van der Waals surface area (Å²) in [6.45, 7) is 0. The van der Waals surface area contributed by atoms with Gasteiger partial charge in [0, 0.05) is 18.7 Å². The van der Waals surface area contributed by atoms with Crippen molar-refractivity contribution in [3.63, 3.8) is 0 Å². The maximum absolute atomic E-state index is 12.0. The van der Waals surface area contributed by atoms with Crippen molar-refractivity contribution in [2.45, 2.75) is 6.16 Å². The highest BCUT2D eigenvalue weighted by Gasteiger charge is 2.23. The minimum Gasteiger partial charge on any atom is -0.465 e. The lowest BCUT2D eigenvalue weighted by Gasteiger charge is -2.15. The van der Waals surface area contributed by atoms with Gasteiger partial charge >= 0.3 is 13.6 Å². The second kappa shape index (κ2) is 6.48. The van der Waals surface area contributed by atoms with Crippen LogP contribution in [-0.4, -0.2) is 27.3 Å². The molecule has 5 nitrogen and oxygen atoms in total. The zero-order valence-corrected chi connectivity index (χ0v) is 12.8. The van der Waals surface area contributed by atoms with Crippen LogP contribution < -0.4 is 0 Å². The van der Waals surface area contributed by atoms with Crippen LogP contribution in [-0.2, 0) is 24.5 Å². The van der Waals surface area contributed by atoms with Gasteiger partial charge in [0.25, 0.3) is 0 Å². The van der Waals surface area contributed by atoms with Gasteiger partial charge in [0.15, 0.2) is 0 Å². The van der Waals surface area contributed by atoms with Crippen LogP contribution in [0.1, 0.15) is 15.9 Å². The van der Waals surface area contributed by atoms with Gasteiger partial charge in [0.1, 0.15) is 0 Å². The second-order valence-electron chi connectivity index (χ2n) is 3.43. The number of benzene rings is 1. The van der Waals surface area contributed by atoms with E-state index in [-0.39, 0.29) is 6.16 Å². The molecule has 0 aliphatic rings. The molecule has 18 heavy (non-hydrogen) atoms. The van der Waals surface area contributed by atoms with Crippen molar-refractivity contribution in [1.82, 2.24) is 0 Å². The van der Waals surface area contributed by atoms with E-state index in [1.54, 1.807) is 18.2 Å². The molecule has 0 spiro atoms. The predicted octanol–water partition coefficient (Wildman–Crippen LogP) is 3.22. The summed E-state index contributed by atoms with van der Waals surface area (Å²) in [4.78, 5) is 11.4. The summed E-state index contributed by atoms with van der Waals surface area (Å²) in [5.41, 5.74) is 1.04. The van der Waals surface area contributed by atoms with Crippen molar-refractivity contribution in [3.05, 3.63) is 33.8 Å². The van der Waals surface area contributed by atoms with E-state index in [1.165, 1.54) is 21.3 Å². The van der Waals surface area contributed by atoms with Gasteiger partial charge in [0.05, 0.1) is 18.8 Å². The number of carbonyl (C=O) groups is 1. The highest BCUT2D eigenvalue weighted by Crippen LogP contribution is 2.50. The van der Waals surface area contributed by atoms with Crippen molar-refractivity contribution in [2.24, 2.45) is 0 Å². The van der Waals surface area contributed by atoms with Crippen molar-refractivity contribution >= 4 is 29.5 Å². The first kappa shape index (κ1) is 15.4. The molecule has 1 aromatic carbocycles. The number of halogens is 1. The monoisotopic (exact) mass is 336 g/mol. The number of rotatable bonds is 5. The average molecular weight is 337 g/mol. The summed E-state index contributed by atoms with van der Waals surface area (Å²) >= 11 is 3.33. The van der Waals surface area contributed by atoms with Crippen LogP contribution in [0.25, 0.3) is 0 Å². The van der Waals surface area contributed by atoms with Gasteiger partial charge in [-0.05, 0) is 23.8 Å². The molecular formula is C11H14BrO5P. The van der Waals surface area contributed by atoms with E-state index in [4.69, 9.17) is 9.05 Å². The summed E-state index contributed by atoms with van der Waals surface area (Å²) in [6, 6.07) is 4.90. The summed E-state index contributed by atoms with van der Waals surface area (Å²) in [7, 11) is 0.778. The molecule has 1 rings (SSSR count). The molecule has 0 amide bonds. The maximum Gasteiger partial charge on any atom is 0.337 e. The van der Waals surface area contributed by atoms with Crippen LogP contribution in [0.2, 0.25) is 0 Å². The summed E-state index contributed by atoms with van der Waals surface area (Å²) < 4.78 is 27.1. The lowest BCUT2D eigenvalue weighted by atomic mass is 10.1. The lowest BCUT2D eigenvalue weighted by Crippen LogP contribution is -2.03. The topological polar surface area (TPSA) is 61.8 Å². The van der Waals surface area contributed by atoms with Crippen molar-refractivity contribution in [2.75, 3.05) is 21.3 Å². The van der Waals surface area contributed by atoms with Crippen molar-refractivity contribution in [1.29, 1.82) is 0 Å². The fourth-order valence-corrected chi connectivity index (χ4v) is 3.04. The lowest BCUT2D eigenvalue weighted by molar-refractivity contribution is 0.0600.